The zero-order valence-electron chi connectivity index (χ0n) is 16.2. The fraction of sp³-hybridized carbons (Fsp3) is 0.417. The predicted octanol–water partition coefficient (Wildman–Crippen LogP) is 4.96. The third kappa shape index (κ3) is 2.75. The van der Waals surface area contributed by atoms with E-state index in [4.69, 9.17) is 4.74 Å². The van der Waals surface area contributed by atoms with Crippen molar-refractivity contribution in [1.82, 2.24) is 9.97 Å². The highest BCUT2D eigenvalue weighted by Gasteiger charge is 2.52. The van der Waals surface area contributed by atoms with Gasteiger partial charge in [0.2, 0.25) is 0 Å². The summed E-state index contributed by atoms with van der Waals surface area (Å²) in [6, 6.07) is 10.6. The first-order valence-corrected chi connectivity index (χ1v) is 10.6. The molecule has 0 radical (unpaired) electrons. The van der Waals surface area contributed by atoms with Crippen LogP contribution in [0.4, 0.5) is 0 Å². The molecule has 0 unspecified atom stereocenters. The molecule has 4 fully saturated rings. The van der Waals surface area contributed by atoms with E-state index in [0.29, 0.717) is 17.1 Å². The van der Waals surface area contributed by atoms with Crippen LogP contribution in [0.2, 0.25) is 0 Å². The minimum Gasteiger partial charge on any atom is -0.508 e. The van der Waals surface area contributed by atoms with Crippen LogP contribution in [0.25, 0.3) is 11.0 Å². The van der Waals surface area contributed by atoms with Crippen molar-refractivity contribution in [1.29, 1.82) is 0 Å². The van der Waals surface area contributed by atoms with E-state index in [1.165, 1.54) is 19.3 Å². The zero-order valence-corrected chi connectivity index (χ0v) is 16.2. The maximum absolute atomic E-state index is 12.7. The molecule has 0 spiro atoms. The van der Waals surface area contributed by atoms with Crippen molar-refractivity contribution in [3.8, 4) is 11.5 Å². The van der Waals surface area contributed by atoms with Crippen molar-refractivity contribution in [3.05, 3.63) is 53.9 Å². The molecule has 1 heterocycles. The lowest BCUT2D eigenvalue weighted by molar-refractivity contribution is -0.00624. The highest BCUT2D eigenvalue weighted by atomic mass is 16.5. The number of H-pyrrole nitrogens is 1. The summed E-state index contributed by atoms with van der Waals surface area (Å²) in [6.45, 7) is 0. The van der Waals surface area contributed by atoms with E-state index >= 15 is 0 Å². The number of hydrogen-bond donors (Lipinski definition) is 2. The van der Waals surface area contributed by atoms with Crippen LogP contribution in [0.1, 0.15) is 54.4 Å². The third-order valence-corrected chi connectivity index (χ3v) is 7.44. The molecule has 4 aliphatic carbocycles. The third-order valence-electron chi connectivity index (χ3n) is 7.44. The number of nitrogens with one attached hydrogen (secondary N) is 1. The highest BCUT2D eigenvalue weighted by Crippen LogP contribution is 2.62. The van der Waals surface area contributed by atoms with Crippen LogP contribution in [-0.4, -0.2) is 21.0 Å². The number of rotatable bonds is 3. The van der Waals surface area contributed by atoms with E-state index in [9.17, 15) is 9.90 Å². The Morgan fingerprint density at radius 2 is 1.76 bits per heavy atom. The lowest BCUT2D eigenvalue weighted by Gasteiger charge is -2.57. The van der Waals surface area contributed by atoms with E-state index in [1.807, 2.05) is 6.07 Å². The van der Waals surface area contributed by atoms with Gasteiger partial charge in [-0.3, -0.25) is 0 Å². The van der Waals surface area contributed by atoms with Crippen molar-refractivity contribution in [2.24, 2.45) is 17.8 Å². The van der Waals surface area contributed by atoms with Crippen LogP contribution >= 0.6 is 0 Å². The molecule has 0 atom stereocenters. The molecule has 0 amide bonds. The number of aromatic amines is 1. The Bertz CT molecular complexity index is 1080. The van der Waals surface area contributed by atoms with Gasteiger partial charge in [0, 0.05) is 5.56 Å². The van der Waals surface area contributed by atoms with Crippen molar-refractivity contribution in [2.45, 2.75) is 43.9 Å². The Labute approximate surface area is 169 Å². The van der Waals surface area contributed by atoms with Gasteiger partial charge >= 0.3 is 5.97 Å². The molecule has 4 aliphatic rings. The van der Waals surface area contributed by atoms with Gasteiger partial charge in [0.05, 0.1) is 22.9 Å². The maximum Gasteiger partial charge on any atom is 0.343 e. The standard InChI is InChI=1S/C24H24N2O3/c27-22-4-2-18(29-23(28)17-1-3-20-21(8-17)26-13-25-20)9-19(22)24-10-14-5-15(11-24)7-16(6-14)12-24/h1-4,8-9,13-16,27H,5-7,10-12H2,(H,25,26). The molecular formula is C24H24N2O3. The van der Waals surface area contributed by atoms with Gasteiger partial charge in [0.1, 0.15) is 11.5 Å². The van der Waals surface area contributed by atoms with E-state index < -0.39 is 5.97 Å². The summed E-state index contributed by atoms with van der Waals surface area (Å²) in [4.78, 5) is 19.9. The average Bonchev–Trinajstić information content (AvgIpc) is 3.16. The van der Waals surface area contributed by atoms with Crippen molar-refractivity contribution >= 4 is 17.0 Å². The minimum atomic E-state index is -0.399. The Hall–Kier alpha value is -2.82. The van der Waals surface area contributed by atoms with Crippen LogP contribution in [-0.2, 0) is 5.41 Å². The Morgan fingerprint density at radius 3 is 2.48 bits per heavy atom. The van der Waals surface area contributed by atoms with Crippen LogP contribution in [0.3, 0.4) is 0 Å². The molecule has 4 bridgehead atoms. The van der Waals surface area contributed by atoms with Gasteiger partial charge in [-0.25, -0.2) is 9.78 Å². The van der Waals surface area contributed by atoms with Crippen molar-refractivity contribution in [2.75, 3.05) is 0 Å². The number of phenols is 1. The monoisotopic (exact) mass is 388 g/mol. The Balaban J connectivity index is 1.30. The number of aromatic hydroxyl groups is 1. The molecular weight excluding hydrogens is 364 g/mol. The number of fused-ring (bicyclic) bond motifs is 1. The molecule has 1 aromatic heterocycles. The smallest absolute Gasteiger partial charge is 0.343 e. The molecule has 5 nitrogen and oxygen atoms in total. The fourth-order valence-electron chi connectivity index (χ4n) is 6.67. The number of hydrogen-bond acceptors (Lipinski definition) is 4. The lowest BCUT2D eigenvalue weighted by Crippen LogP contribution is -2.48. The topological polar surface area (TPSA) is 75.2 Å². The number of nitrogens with zero attached hydrogens (tertiary/aromatic N) is 1. The summed E-state index contributed by atoms with van der Waals surface area (Å²) in [5.41, 5.74) is 3.13. The summed E-state index contributed by atoms with van der Waals surface area (Å²) >= 11 is 0. The van der Waals surface area contributed by atoms with E-state index in [1.54, 1.807) is 36.7 Å². The minimum absolute atomic E-state index is 0.0517. The van der Waals surface area contributed by atoms with Crippen LogP contribution in [0.15, 0.2) is 42.7 Å². The van der Waals surface area contributed by atoms with Crippen LogP contribution < -0.4 is 4.74 Å². The molecule has 4 saturated carbocycles. The zero-order chi connectivity index (χ0) is 19.6. The van der Waals surface area contributed by atoms with Gasteiger partial charge in [-0.2, -0.15) is 0 Å². The number of ether oxygens (including phenoxy) is 1. The van der Waals surface area contributed by atoms with E-state index in [2.05, 4.69) is 9.97 Å². The molecule has 29 heavy (non-hydrogen) atoms. The normalized spacial score (nSPS) is 30.0. The summed E-state index contributed by atoms with van der Waals surface area (Å²) in [5.74, 6) is 2.80. The molecule has 7 rings (SSSR count). The number of aromatic nitrogens is 2. The van der Waals surface area contributed by atoms with E-state index in [0.717, 1.165) is 53.6 Å². The Kier molecular flexibility index (Phi) is 3.58. The largest absolute Gasteiger partial charge is 0.508 e. The van der Waals surface area contributed by atoms with Gasteiger partial charge < -0.3 is 14.8 Å². The van der Waals surface area contributed by atoms with Gasteiger partial charge in [0.25, 0.3) is 0 Å². The second-order valence-corrected chi connectivity index (χ2v) is 9.40. The summed E-state index contributed by atoms with van der Waals surface area (Å²) in [7, 11) is 0. The van der Waals surface area contributed by atoms with Crippen molar-refractivity contribution in [3.63, 3.8) is 0 Å². The van der Waals surface area contributed by atoms with E-state index in [-0.39, 0.29) is 5.41 Å². The number of phenolic OH excluding ortho intramolecular Hbond substituents is 1. The lowest BCUT2D eigenvalue weighted by atomic mass is 9.48. The van der Waals surface area contributed by atoms with Crippen LogP contribution in [0.5, 0.6) is 11.5 Å². The summed E-state index contributed by atoms with van der Waals surface area (Å²) in [5, 5.41) is 10.7. The molecule has 148 valence electrons. The number of carbonyl (C=O) groups excluding carboxylic acids is 1. The highest BCUT2D eigenvalue weighted by molar-refractivity contribution is 5.94. The van der Waals surface area contributed by atoms with Gasteiger partial charge in [-0.05, 0) is 98.1 Å². The molecule has 0 aliphatic heterocycles. The van der Waals surface area contributed by atoms with Gasteiger partial charge in [-0.1, -0.05) is 0 Å². The Morgan fingerprint density at radius 1 is 1.03 bits per heavy atom. The number of carbonyl (C=O) groups is 1. The summed E-state index contributed by atoms with van der Waals surface area (Å²) < 4.78 is 5.70. The average molecular weight is 388 g/mol. The molecule has 0 saturated heterocycles. The second-order valence-electron chi connectivity index (χ2n) is 9.40. The van der Waals surface area contributed by atoms with Gasteiger partial charge in [0.15, 0.2) is 0 Å². The molecule has 2 N–H and O–H groups in total. The quantitative estimate of drug-likeness (QED) is 0.491. The second kappa shape index (κ2) is 6.09. The van der Waals surface area contributed by atoms with Crippen molar-refractivity contribution < 1.29 is 14.6 Å². The van der Waals surface area contributed by atoms with Gasteiger partial charge in [-0.15, -0.1) is 0 Å². The SMILES string of the molecule is O=C(Oc1ccc(O)c(C23CC4CC(CC(C4)C2)C3)c1)c1ccc2nc[nH]c2c1. The first-order chi connectivity index (χ1) is 14.1. The molecule has 3 aromatic rings. The fourth-order valence-corrected chi connectivity index (χ4v) is 6.67. The molecule has 5 heteroatoms. The predicted molar refractivity (Wildman–Crippen MR) is 109 cm³/mol. The summed E-state index contributed by atoms with van der Waals surface area (Å²) in [6.07, 6.45) is 9.12. The number of imidazole rings is 1. The first-order valence-electron chi connectivity index (χ1n) is 10.6. The maximum atomic E-state index is 12.7. The number of esters is 1. The number of benzene rings is 2. The first kappa shape index (κ1) is 17.1. The molecule has 2 aromatic carbocycles. The van der Waals surface area contributed by atoms with Crippen LogP contribution in [0, 0.1) is 17.8 Å².